The molecule has 4 nitrogen and oxygen atoms in total. The number of nitrogens with zero attached hydrogens (tertiary/aromatic N) is 3. The van der Waals surface area contributed by atoms with Crippen molar-refractivity contribution < 1.29 is 0 Å². The molecule has 2 aromatic rings. The summed E-state index contributed by atoms with van der Waals surface area (Å²) in [7, 11) is 0. The van der Waals surface area contributed by atoms with E-state index < -0.39 is 0 Å². The smallest absolute Gasteiger partial charge is 0.0953 e. The highest BCUT2D eigenvalue weighted by atomic mass is 15.2. The van der Waals surface area contributed by atoms with Crippen molar-refractivity contribution in [2.45, 2.75) is 33.5 Å². The number of fused-ring (bicyclic) bond motifs is 1. The van der Waals surface area contributed by atoms with E-state index in [1.165, 1.54) is 22.5 Å². The molecule has 0 bridgehead atoms. The largest absolute Gasteiger partial charge is 0.364 e. The lowest BCUT2D eigenvalue weighted by Gasteiger charge is -2.31. The zero-order valence-corrected chi connectivity index (χ0v) is 11.6. The molecule has 0 radical (unpaired) electrons. The van der Waals surface area contributed by atoms with E-state index in [0.717, 1.165) is 25.3 Å². The summed E-state index contributed by atoms with van der Waals surface area (Å²) >= 11 is 0. The summed E-state index contributed by atoms with van der Waals surface area (Å²) in [5.74, 6) is 0. The van der Waals surface area contributed by atoms with E-state index in [2.05, 4.69) is 46.5 Å². The van der Waals surface area contributed by atoms with Crippen LogP contribution in [-0.2, 0) is 19.6 Å². The number of imidazole rings is 1. The van der Waals surface area contributed by atoms with E-state index in [4.69, 9.17) is 5.73 Å². The molecule has 0 atom stereocenters. The molecular formula is C15H20N4. The number of aryl methyl sites for hydroxylation is 2. The number of benzene rings is 1. The van der Waals surface area contributed by atoms with Crippen molar-refractivity contribution in [1.82, 2.24) is 9.55 Å². The van der Waals surface area contributed by atoms with E-state index in [0.29, 0.717) is 6.54 Å². The Morgan fingerprint density at radius 3 is 2.84 bits per heavy atom. The molecule has 0 amide bonds. The third kappa shape index (κ3) is 2.12. The summed E-state index contributed by atoms with van der Waals surface area (Å²) in [5.41, 5.74) is 12.0. The maximum atomic E-state index is 5.76. The fourth-order valence-electron chi connectivity index (χ4n) is 2.85. The molecule has 2 N–H and O–H groups in total. The lowest BCUT2D eigenvalue weighted by Crippen LogP contribution is -2.34. The average molecular weight is 256 g/mol. The minimum Gasteiger partial charge on any atom is -0.364 e. The molecule has 0 spiro atoms. The van der Waals surface area contributed by atoms with E-state index in [1.807, 2.05) is 6.33 Å². The lowest BCUT2D eigenvalue weighted by atomic mass is 10.1. The Morgan fingerprint density at radius 2 is 2.11 bits per heavy atom. The molecule has 1 aliphatic heterocycles. The molecule has 4 heteroatoms. The molecule has 0 unspecified atom stereocenters. The number of hydrogen-bond donors (Lipinski definition) is 1. The van der Waals surface area contributed by atoms with Gasteiger partial charge in [-0.15, -0.1) is 0 Å². The van der Waals surface area contributed by atoms with Gasteiger partial charge in [0.2, 0.25) is 0 Å². The zero-order valence-electron chi connectivity index (χ0n) is 11.6. The fourth-order valence-corrected chi connectivity index (χ4v) is 2.85. The van der Waals surface area contributed by atoms with Crippen LogP contribution in [0, 0.1) is 13.8 Å². The third-order valence-electron chi connectivity index (χ3n) is 3.87. The lowest BCUT2D eigenvalue weighted by molar-refractivity contribution is 0.567. The molecule has 1 aromatic heterocycles. The maximum Gasteiger partial charge on any atom is 0.0953 e. The van der Waals surface area contributed by atoms with Gasteiger partial charge in [-0.3, -0.25) is 0 Å². The summed E-state index contributed by atoms with van der Waals surface area (Å²) in [6.07, 6.45) is 1.91. The summed E-state index contributed by atoms with van der Waals surface area (Å²) in [4.78, 5) is 6.81. The summed E-state index contributed by atoms with van der Waals surface area (Å²) in [6.45, 7) is 7.74. The maximum absolute atomic E-state index is 5.76. The molecule has 0 saturated heterocycles. The first kappa shape index (κ1) is 12.2. The highest BCUT2D eigenvalue weighted by Crippen LogP contribution is 2.26. The van der Waals surface area contributed by atoms with Crippen molar-refractivity contribution >= 4 is 5.69 Å². The van der Waals surface area contributed by atoms with Gasteiger partial charge in [0, 0.05) is 25.3 Å². The first-order chi connectivity index (χ1) is 9.19. The standard InChI is InChI=1S/C15H20N4/c1-11-3-4-14(12(2)7-11)18-5-6-19-10-17-13(8-16)15(19)9-18/h3-4,7,10H,5-6,8-9,16H2,1-2H3. The molecule has 0 aliphatic carbocycles. The number of hydrogen-bond acceptors (Lipinski definition) is 3. The molecule has 100 valence electrons. The third-order valence-corrected chi connectivity index (χ3v) is 3.87. The highest BCUT2D eigenvalue weighted by Gasteiger charge is 2.20. The number of anilines is 1. The predicted octanol–water partition coefficient (Wildman–Crippen LogP) is 1.98. The van der Waals surface area contributed by atoms with E-state index in [1.54, 1.807) is 0 Å². The Bertz CT molecular complexity index is 587. The Kier molecular flexibility index (Phi) is 3.03. The molecule has 1 aromatic carbocycles. The van der Waals surface area contributed by atoms with Gasteiger partial charge in [-0.05, 0) is 25.5 Å². The van der Waals surface area contributed by atoms with Gasteiger partial charge in [-0.2, -0.15) is 0 Å². The normalized spacial score (nSPS) is 14.6. The van der Waals surface area contributed by atoms with Crippen LogP contribution in [-0.4, -0.2) is 16.1 Å². The van der Waals surface area contributed by atoms with Crippen LogP contribution in [0.25, 0.3) is 0 Å². The van der Waals surface area contributed by atoms with Crippen molar-refractivity contribution in [3.63, 3.8) is 0 Å². The molecule has 1 aliphatic rings. The second-order valence-corrected chi connectivity index (χ2v) is 5.25. The van der Waals surface area contributed by atoms with Gasteiger partial charge in [0.25, 0.3) is 0 Å². The van der Waals surface area contributed by atoms with Gasteiger partial charge < -0.3 is 15.2 Å². The van der Waals surface area contributed by atoms with Gasteiger partial charge in [0.15, 0.2) is 0 Å². The van der Waals surface area contributed by atoms with Crippen LogP contribution < -0.4 is 10.6 Å². The van der Waals surface area contributed by atoms with Crippen molar-refractivity contribution in [2.75, 3.05) is 11.4 Å². The molecule has 3 rings (SSSR count). The number of aromatic nitrogens is 2. The van der Waals surface area contributed by atoms with E-state index >= 15 is 0 Å². The molecular weight excluding hydrogens is 236 g/mol. The van der Waals surface area contributed by atoms with Crippen molar-refractivity contribution in [1.29, 1.82) is 0 Å². The second-order valence-electron chi connectivity index (χ2n) is 5.25. The minimum atomic E-state index is 0.517. The summed E-state index contributed by atoms with van der Waals surface area (Å²) < 4.78 is 2.22. The number of nitrogens with two attached hydrogens (primary N) is 1. The molecule has 0 fully saturated rings. The fraction of sp³-hybridized carbons (Fsp3) is 0.400. The molecule has 2 heterocycles. The second kappa shape index (κ2) is 4.70. The Labute approximate surface area is 113 Å². The Balaban J connectivity index is 1.92. The van der Waals surface area contributed by atoms with Crippen LogP contribution in [0.5, 0.6) is 0 Å². The quantitative estimate of drug-likeness (QED) is 0.893. The van der Waals surface area contributed by atoms with Crippen molar-refractivity contribution in [2.24, 2.45) is 5.73 Å². The topological polar surface area (TPSA) is 47.1 Å². The summed E-state index contributed by atoms with van der Waals surface area (Å²) in [5, 5.41) is 0. The SMILES string of the molecule is Cc1ccc(N2CCn3cnc(CN)c3C2)c(C)c1. The first-order valence-corrected chi connectivity index (χ1v) is 6.74. The van der Waals surface area contributed by atoms with Crippen molar-refractivity contribution in [3.05, 3.63) is 47.0 Å². The molecule has 0 saturated carbocycles. The van der Waals surface area contributed by atoms with Gasteiger partial charge in [-0.25, -0.2) is 4.98 Å². The molecule has 19 heavy (non-hydrogen) atoms. The average Bonchev–Trinajstić information content (AvgIpc) is 2.80. The van der Waals surface area contributed by atoms with Gasteiger partial charge in [0.1, 0.15) is 0 Å². The number of rotatable bonds is 2. The Hall–Kier alpha value is -1.81. The van der Waals surface area contributed by atoms with Crippen LogP contribution in [0.2, 0.25) is 0 Å². The first-order valence-electron chi connectivity index (χ1n) is 6.74. The minimum absolute atomic E-state index is 0.517. The highest BCUT2D eigenvalue weighted by molar-refractivity contribution is 5.55. The van der Waals surface area contributed by atoms with Gasteiger partial charge >= 0.3 is 0 Å². The van der Waals surface area contributed by atoms with Crippen LogP contribution in [0.1, 0.15) is 22.5 Å². The Morgan fingerprint density at radius 1 is 1.26 bits per heavy atom. The van der Waals surface area contributed by atoms with Crippen LogP contribution in [0.15, 0.2) is 24.5 Å². The van der Waals surface area contributed by atoms with Crippen LogP contribution >= 0.6 is 0 Å². The van der Waals surface area contributed by atoms with Crippen LogP contribution in [0.4, 0.5) is 5.69 Å². The van der Waals surface area contributed by atoms with E-state index in [-0.39, 0.29) is 0 Å². The zero-order chi connectivity index (χ0) is 13.4. The summed E-state index contributed by atoms with van der Waals surface area (Å²) in [6, 6.07) is 6.64. The van der Waals surface area contributed by atoms with Crippen LogP contribution in [0.3, 0.4) is 0 Å². The monoisotopic (exact) mass is 256 g/mol. The van der Waals surface area contributed by atoms with Gasteiger partial charge in [-0.1, -0.05) is 17.7 Å². The van der Waals surface area contributed by atoms with E-state index in [9.17, 15) is 0 Å². The predicted molar refractivity (Wildman–Crippen MR) is 77.1 cm³/mol. The van der Waals surface area contributed by atoms with Gasteiger partial charge in [0.05, 0.1) is 24.3 Å². The van der Waals surface area contributed by atoms with Crippen molar-refractivity contribution in [3.8, 4) is 0 Å².